The Kier molecular flexibility index (Phi) is 6.46. The smallest absolute Gasteiger partial charge is 0.163 e. The van der Waals surface area contributed by atoms with Gasteiger partial charge in [0.2, 0.25) is 0 Å². The van der Waals surface area contributed by atoms with Gasteiger partial charge in [0.25, 0.3) is 0 Å². The third-order valence-corrected chi connectivity index (χ3v) is 6.66. The summed E-state index contributed by atoms with van der Waals surface area (Å²) in [5.74, 6) is 2.10. The average molecular weight is 354 g/mol. The number of hydrogen-bond donors (Lipinski definition) is 0. The van der Waals surface area contributed by atoms with E-state index >= 15 is 0 Å². The molecule has 6 atom stereocenters. The van der Waals surface area contributed by atoms with Gasteiger partial charge >= 0.3 is 0 Å². The third kappa shape index (κ3) is 4.77. The molecule has 3 rings (SSSR count). The lowest BCUT2D eigenvalue weighted by atomic mass is 9.87. The van der Waals surface area contributed by atoms with E-state index in [1.165, 1.54) is 38.8 Å². The first kappa shape index (κ1) is 19.6. The lowest BCUT2D eigenvalue weighted by Gasteiger charge is -2.34. The highest BCUT2D eigenvalue weighted by molar-refractivity contribution is 4.93. The van der Waals surface area contributed by atoms with Crippen molar-refractivity contribution >= 4 is 0 Å². The quantitative estimate of drug-likeness (QED) is 0.690. The van der Waals surface area contributed by atoms with Crippen LogP contribution in [0, 0.1) is 17.8 Å². The summed E-state index contributed by atoms with van der Waals surface area (Å²) in [6.45, 7) is 15.4. The number of fused-ring (bicyclic) bond motifs is 1. The van der Waals surface area contributed by atoms with Gasteiger partial charge in [0.15, 0.2) is 5.79 Å². The van der Waals surface area contributed by atoms with Crippen molar-refractivity contribution in [2.24, 2.45) is 17.8 Å². The van der Waals surface area contributed by atoms with Crippen LogP contribution < -0.4 is 0 Å². The van der Waals surface area contributed by atoms with Gasteiger partial charge in [-0.3, -0.25) is 0 Å². The summed E-state index contributed by atoms with van der Waals surface area (Å²) in [7, 11) is 0. The lowest BCUT2D eigenvalue weighted by molar-refractivity contribution is -0.155. The van der Waals surface area contributed by atoms with Gasteiger partial charge < -0.3 is 19.1 Å². The summed E-state index contributed by atoms with van der Waals surface area (Å²) in [5, 5.41) is 0. The van der Waals surface area contributed by atoms with Crippen molar-refractivity contribution in [3.63, 3.8) is 0 Å². The molecule has 0 bridgehead atoms. The number of likely N-dealkylation sites (tertiary alicyclic amines) is 1. The molecule has 0 aliphatic carbocycles. The molecule has 0 N–H and O–H groups in total. The summed E-state index contributed by atoms with van der Waals surface area (Å²) in [6, 6.07) is 0. The highest BCUT2D eigenvalue weighted by atomic mass is 16.8. The van der Waals surface area contributed by atoms with Gasteiger partial charge in [0, 0.05) is 26.2 Å². The molecule has 3 aliphatic heterocycles. The predicted molar refractivity (Wildman–Crippen MR) is 101 cm³/mol. The van der Waals surface area contributed by atoms with Gasteiger partial charge in [-0.2, -0.15) is 0 Å². The van der Waals surface area contributed by atoms with Crippen molar-refractivity contribution < 1.29 is 14.2 Å². The summed E-state index contributed by atoms with van der Waals surface area (Å²) in [6.07, 6.45) is 6.79. The van der Waals surface area contributed by atoms with Gasteiger partial charge in [-0.15, -0.1) is 0 Å². The van der Waals surface area contributed by atoms with E-state index in [4.69, 9.17) is 14.2 Å². The summed E-state index contributed by atoms with van der Waals surface area (Å²) in [4.78, 5) is 2.64. The van der Waals surface area contributed by atoms with Gasteiger partial charge in [-0.25, -0.2) is 0 Å². The summed E-state index contributed by atoms with van der Waals surface area (Å²) >= 11 is 0. The minimum absolute atomic E-state index is 0.1000. The predicted octanol–water partition coefficient (Wildman–Crippen LogP) is 4.08. The van der Waals surface area contributed by atoms with Crippen LogP contribution in [0.1, 0.15) is 66.7 Å². The van der Waals surface area contributed by atoms with E-state index in [-0.39, 0.29) is 18.3 Å². The van der Waals surface area contributed by atoms with Crippen molar-refractivity contribution in [1.29, 1.82) is 0 Å². The van der Waals surface area contributed by atoms with Gasteiger partial charge in [-0.1, -0.05) is 40.0 Å². The molecule has 0 amide bonds. The Balaban J connectivity index is 1.54. The molecule has 3 aliphatic rings. The molecule has 0 saturated carbocycles. The molecule has 3 fully saturated rings. The number of rotatable bonds is 7. The zero-order valence-electron chi connectivity index (χ0n) is 17.0. The molecule has 3 heterocycles. The van der Waals surface area contributed by atoms with Gasteiger partial charge in [0.1, 0.15) is 6.10 Å². The number of hydrogen-bond acceptors (Lipinski definition) is 4. The second-order valence-electron chi connectivity index (χ2n) is 9.07. The molecule has 3 saturated heterocycles. The van der Waals surface area contributed by atoms with Crippen LogP contribution in [0.25, 0.3) is 0 Å². The van der Waals surface area contributed by atoms with Gasteiger partial charge in [0.05, 0.1) is 12.2 Å². The van der Waals surface area contributed by atoms with Crippen LogP contribution in [-0.4, -0.2) is 55.2 Å². The normalized spacial score (nSPS) is 39.5. The van der Waals surface area contributed by atoms with E-state index in [9.17, 15) is 0 Å². The average Bonchev–Trinajstić information content (AvgIpc) is 3.11. The van der Waals surface area contributed by atoms with Crippen LogP contribution >= 0.6 is 0 Å². The van der Waals surface area contributed by atoms with Crippen LogP contribution in [0.3, 0.4) is 0 Å². The fourth-order valence-electron chi connectivity index (χ4n) is 4.92. The Morgan fingerprint density at radius 1 is 1.12 bits per heavy atom. The molecule has 0 aromatic carbocycles. The molecular formula is C21H39NO3. The molecule has 4 heteroatoms. The zero-order valence-corrected chi connectivity index (χ0v) is 17.0. The second kappa shape index (κ2) is 8.24. The van der Waals surface area contributed by atoms with E-state index in [1.807, 2.05) is 13.8 Å². The van der Waals surface area contributed by atoms with Crippen molar-refractivity contribution in [2.45, 2.75) is 90.8 Å². The van der Waals surface area contributed by atoms with Crippen LogP contribution in [-0.2, 0) is 14.2 Å². The number of nitrogens with zero attached hydrogens (tertiary/aromatic N) is 1. The van der Waals surface area contributed by atoms with Crippen molar-refractivity contribution in [2.75, 3.05) is 26.2 Å². The Morgan fingerprint density at radius 3 is 2.60 bits per heavy atom. The Bertz CT molecular complexity index is 427. The maximum atomic E-state index is 6.18. The first-order valence-corrected chi connectivity index (χ1v) is 10.6. The SMILES string of the molecule is CCC(C)CCC1CN(CC2OCCC3OC(C)(C)OC23)CC1CC. The zero-order chi connectivity index (χ0) is 18.0. The highest BCUT2D eigenvalue weighted by Crippen LogP contribution is 2.37. The fraction of sp³-hybridized carbons (Fsp3) is 1.00. The van der Waals surface area contributed by atoms with E-state index in [1.54, 1.807) is 0 Å². The van der Waals surface area contributed by atoms with E-state index in [2.05, 4.69) is 25.7 Å². The molecule has 4 nitrogen and oxygen atoms in total. The van der Waals surface area contributed by atoms with Crippen LogP contribution in [0.15, 0.2) is 0 Å². The van der Waals surface area contributed by atoms with Crippen LogP contribution in [0.2, 0.25) is 0 Å². The summed E-state index contributed by atoms with van der Waals surface area (Å²) in [5.41, 5.74) is 0. The van der Waals surface area contributed by atoms with Crippen molar-refractivity contribution in [1.82, 2.24) is 4.90 Å². The molecule has 0 spiro atoms. The maximum absolute atomic E-state index is 6.18. The van der Waals surface area contributed by atoms with Crippen LogP contribution in [0.5, 0.6) is 0 Å². The maximum Gasteiger partial charge on any atom is 0.163 e. The molecule has 146 valence electrons. The molecule has 0 aromatic rings. The second-order valence-corrected chi connectivity index (χ2v) is 9.07. The van der Waals surface area contributed by atoms with Crippen LogP contribution in [0.4, 0.5) is 0 Å². The molecular weight excluding hydrogens is 314 g/mol. The standard InChI is InChI=1S/C21H39NO3/c1-6-15(3)8-9-17-13-22(12-16(17)7-2)14-19-20-18(10-11-23-19)24-21(4,5)25-20/h15-20H,6-14H2,1-5H3. The molecule has 0 aromatic heterocycles. The molecule has 25 heavy (non-hydrogen) atoms. The monoisotopic (exact) mass is 353 g/mol. The van der Waals surface area contributed by atoms with E-state index in [0.717, 1.165) is 37.3 Å². The number of ether oxygens (including phenoxy) is 3. The minimum Gasteiger partial charge on any atom is -0.374 e. The Hall–Kier alpha value is -0.160. The van der Waals surface area contributed by atoms with E-state index < -0.39 is 5.79 Å². The molecule has 6 unspecified atom stereocenters. The lowest BCUT2D eigenvalue weighted by Crippen LogP contribution is -2.48. The Labute approximate surface area is 154 Å². The van der Waals surface area contributed by atoms with Gasteiger partial charge in [-0.05, 0) is 44.4 Å². The summed E-state index contributed by atoms with van der Waals surface area (Å²) < 4.78 is 18.4. The minimum atomic E-state index is -0.461. The topological polar surface area (TPSA) is 30.9 Å². The first-order valence-electron chi connectivity index (χ1n) is 10.6. The fourth-order valence-corrected chi connectivity index (χ4v) is 4.92. The van der Waals surface area contributed by atoms with Crippen molar-refractivity contribution in [3.8, 4) is 0 Å². The highest BCUT2D eigenvalue weighted by Gasteiger charge is 2.48. The third-order valence-electron chi connectivity index (χ3n) is 6.66. The van der Waals surface area contributed by atoms with Crippen molar-refractivity contribution in [3.05, 3.63) is 0 Å². The Morgan fingerprint density at radius 2 is 1.88 bits per heavy atom. The molecule has 0 radical (unpaired) electrons. The largest absolute Gasteiger partial charge is 0.374 e. The first-order chi connectivity index (χ1) is 11.9. The van der Waals surface area contributed by atoms with E-state index in [0.29, 0.717) is 0 Å².